The van der Waals surface area contributed by atoms with Crippen LogP contribution in [0.3, 0.4) is 0 Å². The number of benzene rings is 3. The Labute approximate surface area is 161 Å². The van der Waals surface area contributed by atoms with Crippen LogP contribution in [0.25, 0.3) is 22.1 Å². The normalized spacial score (nSPS) is 12.4. The van der Waals surface area contributed by atoms with Gasteiger partial charge >= 0.3 is 0 Å². The van der Waals surface area contributed by atoms with Crippen LogP contribution < -0.4 is 5.73 Å². The number of aromatic amines is 2. The lowest BCUT2D eigenvalue weighted by molar-refractivity contribution is 0.831. The molecule has 2 heterocycles. The molecule has 0 bridgehead atoms. The number of rotatable bonds is 4. The summed E-state index contributed by atoms with van der Waals surface area (Å²) in [5, 5.41) is 7.66. The third-order valence-electron chi connectivity index (χ3n) is 4.90. The topological polar surface area (TPSA) is 107 Å². The van der Waals surface area contributed by atoms with E-state index in [1.54, 1.807) is 0 Å². The molecule has 136 valence electrons. The molecule has 0 saturated heterocycles. The van der Waals surface area contributed by atoms with E-state index in [1.165, 1.54) is 0 Å². The number of nitrogens with one attached hydrogen (secondary N) is 3. The van der Waals surface area contributed by atoms with Gasteiger partial charge in [0, 0.05) is 5.56 Å². The molecule has 5 aromatic rings. The van der Waals surface area contributed by atoms with E-state index in [1.807, 2.05) is 60.7 Å². The molecule has 5 rings (SSSR count). The van der Waals surface area contributed by atoms with E-state index in [2.05, 4.69) is 22.1 Å². The summed E-state index contributed by atoms with van der Waals surface area (Å²) in [6.45, 7) is 0. The maximum absolute atomic E-state index is 7.66. The lowest BCUT2D eigenvalue weighted by Crippen LogP contribution is -2.10. The molecule has 0 fully saturated rings. The summed E-state index contributed by atoms with van der Waals surface area (Å²) in [5.41, 5.74) is 11.0. The molecule has 0 aliphatic carbocycles. The molecule has 0 saturated carbocycles. The number of hydrogen-bond acceptors (Lipinski definition) is 3. The second kappa shape index (κ2) is 6.35. The predicted octanol–water partition coefficient (Wildman–Crippen LogP) is 3.90. The number of hydrogen-bond donors (Lipinski definition) is 4. The number of fused-ring (bicyclic) bond motifs is 2. The minimum atomic E-state index is -0.165. The Morgan fingerprint density at radius 3 is 2.14 bits per heavy atom. The third-order valence-corrected chi connectivity index (χ3v) is 4.90. The Morgan fingerprint density at radius 2 is 1.43 bits per heavy atom. The molecule has 0 amide bonds. The number of aromatic nitrogens is 4. The number of nitrogens with zero attached hydrogens (tertiary/aromatic N) is 2. The van der Waals surface area contributed by atoms with Crippen molar-refractivity contribution in [2.24, 2.45) is 5.73 Å². The smallest absolute Gasteiger partial charge is 0.122 e. The zero-order valence-corrected chi connectivity index (χ0v) is 15.0. The minimum Gasteiger partial charge on any atom is -0.384 e. The summed E-state index contributed by atoms with van der Waals surface area (Å²) in [7, 11) is 0. The Bertz CT molecular complexity index is 1270. The maximum atomic E-state index is 7.66. The molecule has 0 aliphatic rings. The molecule has 28 heavy (non-hydrogen) atoms. The number of para-hydroxylation sites is 2. The quantitative estimate of drug-likeness (QED) is 0.286. The van der Waals surface area contributed by atoms with E-state index in [0.29, 0.717) is 5.56 Å². The van der Waals surface area contributed by atoms with Crippen LogP contribution in [0.5, 0.6) is 0 Å². The van der Waals surface area contributed by atoms with Gasteiger partial charge < -0.3 is 15.7 Å². The zero-order valence-electron chi connectivity index (χ0n) is 15.0. The van der Waals surface area contributed by atoms with E-state index in [4.69, 9.17) is 21.1 Å². The molecule has 3 aromatic carbocycles. The highest BCUT2D eigenvalue weighted by atomic mass is 15.0. The van der Waals surface area contributed by atoms with Crippen LogP contribution in [0.15, 0.2) is 72.8 Å². The summed E-state index contributed by atoms with van der Waals surface area (Å²) >= 11 is 0. The zero-order chi connectivity index (χ0) is 19.1. The molecular weight excluding hydrogens is 348 g/mol. The average molecular weight is 366 g/mol. The van der Waals surface area contributed by atoms with Crippen molar-refractivity contribution in [1.29, 1.82) is 5.41 Å². The van der Waals surface area contributed by atoms with E-state index >= 15 is 0 Å². The van der Waals surface area contributed by atoms with Crippen molar-refractivity contribution in [2.75, 3.05) is 0 Å². The van der Waals surface area contributed by atoms with Gasteiger partial charge in [-0.25, -0.2) is 9.97 Å². The summed E-state index contributed by atoms with van der Waals surface area (Å²) < 4.78 is 0. The van der Waals surface area contributed by atoms with Crippen molar-refractivity contribution < 1.29 is 0 Å². The fourth-order valence-corrected chi connectivity index (χ4v) is 3.53. The highest BCUT2D eigenvalue weighted by Crippen LogP contribution is 2.31. The summed E-state index contributed by atoms with van der Waals surface area (Å²) in [6.07, 6.45) is 0. The first-order valence-electron chi connectivity index (χ1n) is 9.03. The van der Waals surface area contributed by atoms with Crippen molar-refractivity contribution in [3.8, 4) is 0 Å². The van der Waals surface area contributed by atoms with Gasteiger partial charge in [-0.2, -0.15) is 0 Å². The van der Waals surface area contributed by atoms with Crippen LogP contribution in [0.2, 0.25) is 0 Å². The van der Waals surface area contributed by atoms with Gasteiger partial charge in [-0.1, -0.05) is 42.5 Å². The van der Waals surface area contributed by atoms with Gasteiger partial charge in [0.15, 0.2) is 0 Å². The van der Waals surface area contributed by atoms with Crippen molar-refractivity contribution in [1.82, 2.24) is 19.9 Å². The number of amidine groups is 1. The molecule has 0 radical (unpaired) electrons. The van der Waals surface area contributed by atoms with Crippen LogP contribution in [0, 0.1) is 5.41 Å². The van der Waals surface area contributed by atoms with Crippen molar-refractivity contribution in [3.63, 3.8) is 0 Å². The lowest BCUT2D eigenvalue weighted by atomic mass is 9.98. The fraction of sp³-hybridized carbons (Fsp3) is 0.0455. The minimum absolute atomic E-state index is 0.0309. The van der Waals surface area contributed by atoms with Crippen LogP contribution in [0.4, 0.5) is 0 Å². The fourth-order valence-electron chi connectivity index (χ4n) is 3.53. The maximum Gasteiger partial charge on any atom is 0.122 e. The van der Waals surface area contributed by atoms with Crippen LogP contribution in [-0.4, -0.2) is 25.8 Å². The molecule has 0 aliphatic heterocycles. The van der Waals surface area contributed by atoms with Crippen LogP contribution >= 0.6 is 0 Å². The van der Waals surface area contributed by atoms with Crippen molar-refractivity contribution in [3.05, 3.63) is 95.6 Å². The van der Waals surface area contributed by atoms with Gasteiger partial charge in [0.25, 0.3) is 0 Å². The predicted molar refractivity (Wildman–Crippen MR) is 111 cm³/mol. The van der Waals surface area contributed by atoms with Crippen LogP contribution in [-0.2, 0) is 0 Å². The van der Waals surface area contributed by atoms with Crippen molar-refractivity contribution in [2.45, 2.75) is 5.92 Å². The first-order chi connectivity index (χ1) is 13.7. The molecular formula is C22H18N6. The Morgan fingerprint density at radius 1 is 0.786 bits per heavy atom. The number of H-pyrrole nitrogens is 2. The lowest BCUT2D eigenvalue weighted by Gasteiger charge is -2.12. The SMILES string of the molecule is N=C(N)c1ccc2[nH]c(C(c3ccccc3)c3nc4ccccc4[nH]3)nc2c1. The van der Waals surface area contributed by atoms with Gasteiger partial charge in [-0.3, -0.25) is 5.41 Å². The first kappa shape index (κ1) is 16.3. The molecule has 6 nitrogen and oxygen atoms in total. The number of nitrogen functional groups attached to an aromatic ring is 1. The molecule has 6 heteroatoms. The first-order valence-corrected chi connectivity index (χ1v) is 9.03. The average Bonchev–Trinajstić information content (AvgIpc) is 3.32. The Kier molecular flexibility index (Phi) is 3.69. The monoisotopic (exact) mass is 366 g/mol. The van der Waals surface area contributed by atoms with Gasteiger partial charge in [0.05, 0.1) is 22.1 Å². The second-order valence-electron chi connectivity index (χ2n) is 6.75. The summed E-state index contributed by atoms with van der Waals surface area (Å²) in [6, 6.07) is 23.7. The third kappa shape index (κ3) is 2.72. The number of imidazole rings is 2. The Hall–Kier alpha value is -3.93. The molecule has 1 unspecified atom stereocenters. The van der Waals surface area contributed by atoms with Crippen molar-refractivity contribution >= 4 is 27.9 Å². The van der Waals surface area contributed by atoms with Crippen LogP contribution in [0.1, 0.15) is 28.7 Å². The molecule has 0 spiro atoms. The standard InChI is InChI=1S/C22H18N6/c23-20(24)14-10-11-17-18(12-14)28-22(27-17)19(13-6-2-1-3-7-13)21-25-15-8-4-5-9-16(15)26-21/h1-12,19H,(H3,23,24)(H,25,26)(H,27,28). The Balaban J connectivity index is 1.70. The van der Waals surface area contributed by atoms with Gasteiger partial charge in [0.1, 0.15) is 23.4 Å². The van der Waals surface area contributed by atoms with E-state index in [-0.39, 0.29) is 11.8 Å². The summed E-state index contributed by atoms with van der Waals surface area (Å²) in [4.78, 5) is 16.5. The second-order valence-corrected chi connectivity index (χ2v) is 6.75. The highest BCUT2D eigenvalue weighted by Gasteiger charge is 2.23. The van der Waals surface area contributed by atoms with E-state index < -0.39 is 0 Å². The van der Waals surface area contributed by atoms with Gasteiger partial charge in [-0.05, 0) is 35.9 Å². The molecule has 5 N–H and O–H groups in total. The summed E-state index contributed by atoms with van der Waals surface area (Å²) in [5.74, 6) is 1.49. The highest BCUT2D eigenvalue weighted by molar-refractivity contribution is 5.98. The van der Waals surface area contributed by atoms with Gasteiger partial charge in [-0.15, -0.1) is 0 Å². The van der Waals surface area contributed by atoms with Gasteiger partial charge in [0.2, 0.25) is 0 Å². The molecule has 2 aromatic heterocycles. The number of nitrogens with two attached hydrogens (primary N) is 1. The van der Waals surface area contributed by atoms with E-state index in [0.717, 1.165) is 39.3 Å². The molecule has 1 atom stereocenters. The van der Waals surface area contributed by atoms with E-state index in [9.17, 15) is 0 Å². The largest absolute Gasteiger partial charge is 0.384 e.